The zero-order valence-electron chi connectivity index (χ0n) is 18.3. The molecule has 0 radical (unpaired) electrons. The highest BCUT2D eigenvalue weighted by molar-refractivity contribution is 7.89. The molecule has 3 heterocycles. The second-order valence-electron chi connectivity index (χ2n) is 8.46. The van der Waals surface area contributed by atoms with E-state index in [9.17, 15) is 8.42 Å². The van der Waals surface area contributed by atoms with E-state index in [0.29, 0.717) is 36.9 Å². The lowest BCUT2D eigenvalue weighted by Gasteiger charge is -2.28. The second kappa shape index (κ2) is 8.77. The van der Waals surface area contributed by atoms with E-state index in [2.05, 4.69) is 21.2 Å². The van der Waals surface area contributed by atoms with Crippen LogP contribution in [0.4, 0.5) is 5.82 Å². The molecule has 168 valence electrons. The van der Waals surface area contributed by atoms with E-state index in [0.717, 1.165) is 60.1 Å². The molecule has 0 amide bonds. The van der Waals surface area contributed by atoms with Gasteiger partial charge in [0.15, 0.2) is 5.82 Å². The Morgan fingerprint density at radius 2 is 1.59 bits per heavy atom. The first-order valence-corrected chi connectivity index (χ1v) is 12.7. The third-order valence-electron chi connectivity index (χ3n) is 6.37. The molecule has 0 saturated carbocycles. The van der Waals surface area contributed by atoms with Crippen molar-refractivity contribution in [2.24, 2.45) is 0 Å². The fourth-order valence-corrected chi connectivity index (χ4v) is 6.35. The Bertz CT molecular complexity index is 1230. The molecule has 0 atom stereocenters. The van der Waals surface area contributed by atoms with E-state index < -0.39 is 10.0 Å². The van der Waals surface area contributed by atoms with Crippen molar-refractivity contribution in [1.82, 2.24) is 14.5 Å². The van der Waals surface area contributed by atoms with Crippen LogP contribution in [0.1, 0.15) is 24.8 Å². The third kappa shape index (κ3) is 3.87. The Balaban J connectivity index is 1.60. The number of ether oxygens (including phenoxy) is 1. The number of fused-ring (bicyclic) bond motifs is 1. The van der Waals surface area contributed by atoms with Crippen molar-refractivity contribution in [3.8, 4) is 11.3 Å². The van der Waals surface area contributed by atoms with Crippen molar-refractivity contribution in [1.29, 1.82) is 0 Å². The maximum absolute atomic E-state index is 13.4. The summed E-state index contributed by atoms with van der Waals surface area (Å²) in [5, 5.41) is 11.1. The summed E-state index contributed by atoms with van der Waals surface area (Å²) in [6.07, 6.45) is 2.91. The van der Waals surface area contributed by atoms with Crippen molar-refractivity contribution in [3.05, 3.63) is 48.0 Å². The Morgan fingerprint density at radius 3 is 2.34 bits per heavy atom. The monoisotopic (exact) mass is 452 g/mol. The van der Waals surface area contributed by atoms with Crippen molar-refractivity contribution in [3.63, 3.8) is 0 Å². The van der Waals surface area contributed by atoms with Gasteiger partial charge in [0.05, 0.1) is 18.1 Å². The van der Waals surface area contributed by atoms with Gasteiger partial charge in [0.2, 0.25) is 10.0 Å². The first kappa shape index (κ1) is 21.3. The van der Waals surface area contributed by atoms with Crippen LogP contribution >= 0.6 is 0 Å². The molecule has 2 aliphatic rings. The highest BCUT2D eigenvalue weighted by Crippen LogP contribution is 2.34. The number of morpholine rings is 1. The standard InChI is InChI=1S/C24H28N4O3S/c1-18-9-10-19(17-22(18)32(29,30)28-11-5-2-6-12-28)23-20-7-3-4-8-21(20)24(26-25-23)27-13-15-31-16-14-27/h3-4,7-10,17H,2,5-6,11-16H2,1H3. The molecule has 2 saturated heterocycles. The number of benzene rings is 2. The second-order valence-corrected chi connectivity index (χ2v) is 10.4. The average Bonchev–Trinajstić information content (AvgIpc) is 2.85. The number of anilines is 1. The smallest absolute Gasteiger partial charge is 0.243 e. The fourth-order valence-electron chi connectivity index (χ4n) is 4.58. The molecule has 0 unspecified atom stereocenters. The molecule has 2 aliphatic heterocycles. The van der Waals surface area contributed by atoms with Crippen LogP contribution in [0.2, 0.25) is 0 Å². The predicted molar refractivity (Wildman–Crippen MR) is 125 cm³/mol. The number of hydrogen-bond acceptors (Lipinski definition) is 6. The van der Waals surface area contributed by atoms with Gasteiger partial charge >= 0.3 is 0 Å². The molecule has 8 heteroatoms. The van der Waals surface area contributed by atoms with Crippen molar-refractivity contribution >= 4 is 26.6 Å². The number of rotatable bonds is 4. The van der Waals surface area contributed by atoms with Gasteiger partial charge in [0, 0.05) is 42.5 Å². The molecule has 0 bridgehead atoms. The minimum Gasteiger partial charge on any atom is -0.378 e. The SMILES string of the molecule is Cc1ccc(-c2nnc(N3CCOCC3)c3ccccc23)cc1S(=O)(=O)N1CCCCC1. The van der Waals surface area contributed by atoms with E-state index in [1.165, 1.54) is 0 Å². The van der Waals surface area contributed by atoms with Gasteiger partial charge < -0.3 is 9.64 Å². The molecule has 5 rings (SSSR count). The molecule has 1 aromatic heterocycles. The molecule has 0 spiro atoms. The van der Waals surface area contributed by atoms with Gasteiger partial charge in [-0.05, 0) is 31.4 Å². The van der Waals surface area contributed by atoms with Crippen molar-refractivity contribution < 1.29 is 13.2 Å². The summed E-state index contributed by atoms with van der Waals surface area (Å²) in [5.74, 6) is 0.848. The molecule has 3 aromatic rings. The van der Waals surface area contributed by atoms with Crippen molar-refractivity contribution in [2.45, 2.75) is 31.1 Å². The molecule has 2 aromatic carbocycles. The number of aromatic nitrogens is 2. The van der Waals surface area contributed by atoms with Gasteiger partial charge in [-0.25, -0.2) is 8.42 Å². The first-order valence-electron chi connectivity index (χ1n) is 11.2. The molecule has 7 nitrogen and oxygen atoms in total. The Kier molecular flexibility index (Phi) is 5.84. The summed E-state index contributed by atoms with van der Waals surface area (Å²) in [5.41, 5.74) is 2.22. The number of nitrogens with zero attached hydrogens (tertiary/aromatic N) is 4. The normalized spacial score (nSPS) is 18.2. The van der Waals surface area contributed by atoms with Crippen LogP contribution in [-0.4, -0.2) is 62.3 Å². The quantitative estimate of drug-likeness (QED) is 0.602. The lowest BCUT2D eigenvalue weighted by Crippen LogP contribution is -2.37. The number of sulfonamides is 1. The van der Waals surface area contributed by atoms with Crippen molar-refractivity contribution in [2.75, 3.05) is 44.3 Å². The molecule has 32 heavy (non-hydrogen) atoms. The molecule has 0 aliphatic carbocycles. The van der Waals surface area contributed by atoms with E-state index in [-0.39, 0.29) is 0 Å². The summed E-state index contributed by atoms with van der Waals surface area (Å²) in [4.78, 5) is 2.56. The van der Waals surface area contributed by atoms with Crippen LogP contribution < -0.4 is 4.90 Å². The zero-order valence-corrected chi connectivity index (χ0v) is 19.1. The van der Waals surface area contributed by atoms with E-state index in [1.54, 1.807) is 10.4 Å². The Labute approximate surface area is 189 Å². The topological polar surface area (TPSA) is 75.6 Å². The van der Waals surface area contributed by atoms with Gasteiger partial charge in [-0.1, -0.05) is 42.8 Å². The highest BCUT2D eigenvalue weighted by Gasteiger charge is 2.28. The summed E-state index contributed by atoms with van der Waals surface area (Å²) in [7, 11) is -3.54. The number of hydrogen-bond donors (Lipinski definition) is 0. The number of piperidine rings is 1. The van der Waals surface area contributed by atoms with Crippen LogP contribution in [0.25, 0.3) is 22.0 Å². The van der Waals surface area contributed by atoms with Crippen LogP contribution in [0, 0.1) is 6.92 Å². The van der Waals surface area contributed by atoms with E-state index in [4.69, 9.17) is 4.74 Å². The van der Waals surface area contributed by atoms with Crippen LogP contribution in [0.15, 0.2) is 47.4 Å². The minimum absolute atomic E-state index is 0.361. The van der Waals surface area contributed by atoms with Crippen LogP contribution in [0.3, 0.4) is 0 Å². The van der Waals surface area contributed by atoms with Crippen LogP contribution in [0.5, 0.6) is 0 Å². The lowest BCUT2D eigenvalue weighted by atomic mass is 10.0. The molecular formula is C24H28N4O3S. The predicted octanol–water partition coefficient (Wildman–Crippen LogP) is 3.62. The van der Waals surface area contributed by atoms with Gasteiger partial charge in [-0.2, -0.15) is 4.31 Å². The highest BCUT2D eigenvalue weighted by atomic mass is 32.2. The largest absolute Gasteiger partial charge is 0.378 e. The van der Waals surface area contributed by atoms with Gasteiger partial charge in [0.1, 0.15) is 5.69 Å². The Morgan fingerprint density at radius 1 is 0.875 bits per heavy atom. The number of aryl methyl sites for hydroxylation is 1. The fraction of sp³-hybridized carbons (Fsp3) is 0.417. The summed E-state index contributed by atoms with van der Waals surface area (Å²) in [6, 6.07) is 13.6. The van der Waals surface area contributed by atoms with E-state index >= 15 is 0 Å². The summed E-state index contributed by atoms with van der Waals surface area (Å²) >= 11 is 0. The average molecular weight is 453 g/mol. The van der Waals surface area contributed by atoms with Gasteiger partial charge in [-0.3, -0.25) is 0 Å². The summed E-state index contributed by atoms with van der Waals surface area (Å²) in [6.45, 7) is 5.93. The van der Waals surface area contributed by atoms with Crippen LogP contribution in [-0.2, 0) is 14.8 Å². The minimum atomic E-state index is -3.54. The third-order valence-corrected chi connectivity index (χ3v) is 8.41. The van der Waals surface area contributed by atoms with Gasteiger partial charge in [0.25, 0.3) is 0 Å². The maximum Gasteiger partial charge on any atom is 0.243 e. The lowest BCUT2D eigenvalue weighted by molar-refractivity contribution is 0.122. The molecule has 2 fully saturated rings. The first-order chi connectivity index (χ1) is 15.6. The maximum atomic E-state index is 13.4. The van der Waals surface area contributed by atoms with Gasteiger partial charge in [-0.15, -0.1) is 10.2 Å². The molecular weight excluding hydrogens is 424 g/mol. The van der Waals surface area contributed by atoms with E-state index in [1.807, 2.05) is 37.3 Å². The zero-order chi connectivity index (χ0) is 22.1. The summed E-state index contributed by atoms with van der Waals surface area (Å²) < 4.78 is 33.9. The Hall–Kier alpha value is -2.55. The molecule has 0 N–H and O–H groups in total.